The molecule has 0 aromatic rings. The molecule has 0 N–H and O–H groups in total. The maximum atomic E-state index is 2.62. The summed E-state index contributed by atoms with van der Waals surface area (Å²) in [6.07, 6.45) is 1.28. The van der Waals surface area contributed by atoms with E-state index in [0.717, 1.165) is 0 Å². The Kier molecular flexibility index (Phi) is 3.96. The Hall–Kier alpha value is -0.0800. The SMILES string of the molecule is CCCN1CCN(C(C)(C)C)C(C)C1. The third-order valence-electron chi connectivity index (χ3n) is 3.11. The summed E-state index contributed by atoms with van der Waals surface area (Å²) >= 11 is 0. The van der Waals surface area contributed by atoms with Gasteiger partial charge in [0.25, 0.3) is 0 Å². The van der Waals surface area contributed by atoms with Gasteiger partial charge in [0.15, 0.2) is 0 Å². The first-order chi connectivity index (χ1) is 6.45. The lowest BCUT2D eigenvalue weighted by Gasteiger charge is -2.46. The molecule has 0 aliphatic carbocycles. The molecule has 0 spiro atoms. The maximum Gasteiger partial charge on any atom is 0.0200 e. The van der Waals surface area contributed by atoms with Crippen molar-refractivity contribution in [2.45, 2.75) is 52.6 Å². The largest absolute Gasteiger partial charge is 0.301 e. The van der Waals surface area contributed by atoms with E-state index >= 15 is 0 Å². The number of hydrogen-bond donors (Lipinski definition) is 0. The van der Waals surface area contributed by atoms with Crippen molar-refractivity contribution in [1.82, 2.24) is 9.80 Å². The van der Waals surface area contributed by atoms with Crippen molar-refractivity contribution < 1.29 is 0 Å². The van der Waals surface area contributed by atoms with Gasteiger partial charge >= 0.3 is 0 Å². The van der Waals surface area contributed by atoms with Crippen LogP contribution in [0.5, 0.6) is 0 Å². The number of rotatable bonds is 2. The van der Waals surface area contributed by atoms with Gasteiger partial charge in [0, 0.05) is 31.2 Å². The van der Waals surface area contributed by atoms with E-state index in [1.54, 1.807) is 0 Å². The number of piperazine rings is 1. The topological polar surface area (TPSA) is 6.48 Å². The van der Waals surface area contributed by atoms with Crippen molar-refractivity contribution in [1.29, 1.82) is 0 Å². The molecule has 1 fully saturated rings. The van der Waals surface area contributed by atoms with Crippen LogP contribution in [-0.4, -0.2) is 47.6 Å². The van der Waals surface area contributed by atoms with Crippen LogP contribution in [0.3, 0.4) is 0 Å². The van der Waals surface area contributed by atoms with Crippen LogP contribution in [0.15, 0.2) is 0 Å². The van der Waals surface area contributed by atoms with Gasteiger partial charge in [-0.3, -0.25) is 4.90 Å². The van der Waals surface area contributed by atoms with E-state index in [9.17, 15) is 0 Å². The summed E-state index contributed by atoms with van der Waals surface area (Å²) in [6, 6.07) is 0.704. The minimum absolute atomic E-state index is 0.331. The third-order valence-corrected chi connectivity index (χ3v) is 3.11. The first-order valence-electron chi connectivity index (χ1n) is 5.94. The molecule has 1 rings (SSSR count). The van der Waals surface area contributed by atoms with Gasteiger partial charge in [-0.25, -0.2) is 0 Å². The first kappa shape index (κ1) is 12.0. The van der Waals surface area contributed by atoms with E-state index in [1.807, 2.05) is 0 Å². The fourth-order valence-corrected chi connectivity index (χ4v) is 2.55. The summed E-state index contributed by atoms with van der Waals surface area (Å²) < 4.78 is 0. The molecular formula is C12H26N2. The summed E-state index contributed by atoms with van der Waals surface area (Å²) in [5.74, 6) is 0. The molecule has 1 saturated heterocycles. The molecule has 1 atom stereocenters. The van der Waals surface area contributed by atoms with Crippen LogP contribution in [-0.2, 0) is 0 Å². The van der Waals surface area contributed by atoms with Crippen molar-refractivity contribution >= 4 is 0 Å². The molecule has 0 radical (unpaired) electrons. The zero-order valence-corrected chi connectivity index (χ0v) is 10.5. The fourth-order valence-electron chi connectivity index (χ4n) is 2.55. The zero-order valence-electron chi connectivity index (χ0n) is 10.5. The molecule has 84 valence electrons. The summed E-state index contributed by atoms with van der Waals surface area (Å²) in [5, 5.41) is 0. The van der Waals surface area contributed by atoms with Gasteiger partial charge in [-0.2, -0.15) is 0 Å². The van der Waals surface area contributed by atoms with Gasteiger partial charge in [-0.05, 0) is 40.7 Å². The predicted molar refractivity (Wildman–Crippen MR) is 62.7 cm³/mol. The summed E-state index contributed by atoms with van der Waals surface area (Å²) in [5.41, 5.74) is 0.331. The fraction of sp³-hybridized carbons (Fsp3) is 1.00. The molecule has 2 nitrogen and oxygen atoms in total. The second kappa shape index (κ2) is 4.63. The molecule has 0 aromatic heterocycles. The highest BCUT2D eigenvalue weighted by atomic mass is 15.3. The minimum atomic E-state index is 0.331. The van der Waals surface area contributed by atoms with E-state index in [-0.39, 0.29) is 0 Å². The Morgan fingerprint density at radius 3 is 2.29 bits per heavy atom. The molecule has 1 heterocycles. The van der Waals surface area contributed by atoms with Crippen LogP contribution in [0.25, 0.3) is 0 Å². The molecule has 1 unspecified atom stereocenters. The molecule has 0 aromatic carbocycles. The molecule has 0 saturated carbocycles. The van der Waals surface area contributed by atoms with E-state index in [1.165, 1.54) is 32.6 Å². The second-order valence-electron chi connectivity index (χ2n) is 5.51. The van der Waals surface area contributed by atoms with Crippen LogP contribution in [0, 0.1) is 0 Å². The highest BCUT2D eigenvalue weighted by Crippen LogP contribution is 2.20. The maximum absolute atomic E-state index is 2.62. The van der Waals surface area contributed by atoms with Gasteiger partial charge in [-0.15, -0.1) is 0 Å². The highest BCUT2D eigenvalue weighted by Gasteiger charge is 2.30. The molecule has 2 heteroatoms. The molecule has 0 amide bonds. The van der Waals surface area contributed by atoms with Gasteiger partial charge in [0.2, 0.25) is 0 Å². The van der Waals surface area contributed by atoms with Crippen LogP contribution in [0.2, 0.25) is 0 Å². The van der Waals surface area contributed by atoms with Gasteiger partial charge in [0.05, 0.1) is 0 Å². The highest BCUT2D eigenvalue weighted by molar-refractivity contribution is 4.87. The van der Waals surface area contributed by atoms with Crippen LogP contribution in [0.4, 0.5) is 0 Å². The normalized spacial score (nSPS) is 26.8. The molecule has 0 bridgehead atoms. The Balaban J connectivity index is 2.48. The quantitative estimate of drug-likeness (QED) is 0.671. The van der Waals surface area contributed by atoms with Crippen molar-refractivity contribution in [3.8, 4) is 0 Å². The van der Waals surface area contributed by atoms with E-state index in [0.29, 0.717) is 11.6 Å². The Labute approximate surface area is 89.3 Å². The smallest absolute Gasteiger partial charge is 0.0200 e. The van der Waals surface area contributed by atoms with E-state index < -0.39 is 0 Å². The van der Waals surface area contributed by atoms with Crippen LogP contribution < -0.4 is 0 Å². The van der Waals surface area contributed by atoms with Crippen molar-refractivity contribution in [3.63, 3.8) is 0 Å². The summed E-state index contributed by atoms with van der Waals surface area (Å²) in [7, 11) is 0. The lowest BCUT2D eigenvalue weighted by atomic mass is 10.0. The number of nitrogens with zero attached hydrogens (tertiary/aromatic N) is 2. The molecular weight excluding hydrogens is 172 g/mol. The minimum Gasteiger partial charge on any atom is -0.301 e. The zero-order chi connectivity index (χ0) is 10.8. The lowest BCUT2D eigenvalue weighted by Crippen LogP contribution is -2.58. The van der Waals surface area contributed by atoms with E-state index in [2.05, 4.69) is 44.4 Å². The van der Waals surface area contributed by atoms with Crippen molar-refractivity contribution in [2.75, 3.05) is 26.2 Å². The molecule has 1 aliphatic rings. The first-order valence-corrected chi connectivity index (χ1v) is 5.94. The average Bonchev–Trinajstić information content (AvgIpc) is 2.02. The monoisotopic (exact) mass is 198 g/mol. The molecule has 14 heavy (non-hydrogen) atoms. The standard InChI is InChI=1S/C12H26N2/c1-6-7-13-8-9-14(11(2)10-13)12(3,4)5/h11H,6-10H2,1-5H3. The third kappa shape index (κ3) is 2.96. The van der Waals surface area contributed by atoms with Crippen LogP contribution in [0.1, 0.15) is 41.0 Å². The Bertz CT molecular complexity index is 172. The van der Waals surface area contributed by atoms with Gasteiger partial charge in [0.1, 0.15) is 0 Å². The van der Waals surface area contributed by atoms with Crippen LogP contribution >= 0.6 is 0 Å². The van der Waals surface area contributed by atoms with Crippen molar-refractivity contribution in [2.24, 2.45) is 0 Å². The lowest BCUT2D eigenvalue weighted by molar-refractivity contribution is 0.0182. The summed E-state index contributed by atoms with van der Waals surface area (Å²) in [6.45, 7) is 16.6. The van der Waals surface area contributed by atoms with Gasteiger partial charge < -0.3 is 4.90 Å². The van der Waals surface area contributed by atoms with Gasteiger partial charge in [-0.1, -0.05) is 6.92 Å². The number of hydrogen-bond acceptors (Lipinski definition) is 2. The Morgan fingerprint density at radius 1 is 1.21 bits per heavy atom. The molecule has 1 aliphatic heterocycles. The second-order valence-corrected chi connectivity index (χ2v) is 5.51. The predicted octanol–water partition coefficient (Wildman–Crippen LogP) is 2.20. The average molecular weight is 198 g/mol. The Morgan fingerprint density at radius 2 is 1.86 bits per heavy atom. The van der Waals surface area contributed by atoms with Crippen molar-refractivity contribution in [3.05, 3.63) is 0 Å². The summed E-state index contributed by atoms with van der Waals surface area (Å²) in [4.78, 5) is 5.21. The van der Waals surface area contributed by atoms with E-state index in [4.69, 9.17) is 0 Å².